The minimum atomic E-state index is -0.694. The quantitative estimate of drug-likeness (QED) is 0.339. The largest absolute Gasteiger partial charge is 0.450 e. The molecule has 0 atom stereocenters. The number of aryl methyl sites for hydroxylation is 1. The molecule has 0 unspecified atom stereocenters. The van der Waals surface area contributed by atoms with Gasteiger partial charge in [0.25, 0.3) is 0 Å². The van der Waals surface area contributed by atoms with Gasteiger partial charge in [0.1, 0.15) is 12.0 Å². The molecule has 29 heavy (non-hydrogen) atoms. The maximum atomic E-state index is 5.78. The minimum Gasteiger partial charge on any atom is -0.450 e. The Morgan fingerprint density at radius 2 is 1.21 bits per heavy atom. The molecule has 4 heteroatoms. The average molecular weight is 378 g/mol. The first-order chi connectivity index (χ1) is 14.3. The van der Waals surface area contributed by atoms with Crippen molar-refractivity contribution in [2.24, 2.45) is 0 Å². The molecule has 2 aliphatic heterocycles. The minimum absolute atomic E-state index is 0.694. The van der Waals surface area contributed by atoms with E-state index in [1.807, 2.05) is 29.8 Å². The van der Waals surface area contributed by atoms with E-state index in [-0.39, 0.29) is 0 Å². The number of aromatic nitrogens is 3. The van der Waals surface area contributed by atoms with Crippen molar-refractivity contribution in [1.82, 2.24) is 10.1 Å². The Morgan fingerprint density at radius 1 is 0.724 bits per heavy atom. The van der Waals surface area contributed by atoms with E-state index >= 15 is 0 Å². The molecular formula is C25H20N3O+. The molecule has 0 aromatic heterocycles. The van der Waals surface area contributed by atoms with Gasteiger partial charge < -0.3 is 4.42 Å². The molecular weight excluding hydrogens is 358 g/mol. The third kappa shape index (κ3) is 2.64. The highest BCUT2D eigenvalue weighted by Gasteiger charge is 2.49. The number of benzene rings is 3. The second kappa shape index (κ2) is 6.99. The van der Waals surface area contributed by atoms with Crippen molar-refractivity contribution in [3.63, 3.8) is 0 Å². The van der Waals surface area contributed by atoms with Crippen LogP contribution in [0.1, 0.15) is 22.4 Å². The van der Waals surface area contributed by atoms with Crippen LogP contribution in [0.2, 0.25) is 0 Å². The molecule has 140 valence electrons. The van der Waals surface area contributed by atoms with Gasteiger partial charge in [-0.2, -0.15) is 0 Å². The van der Waals surface area contributed by atoms with Crippen molar-refractivity contribution in [2.75, 3.05) is 0 Å². The summed E-state index contributed by atoms with van der Waals surface area (Å²) in [6, 6.07) is 31.3. The third-order valence-corrected chi connectivity index (χ3v) is 5.32. The Hall–Kier alpha value is -3.79. The van der Waals surface area contributed by atoms with E-state index in [9.17, 15) is 0 Å². The molecule has 2 aliphatic rings. The van der Waals surface area contributed by atoms with Gasteiger partial charge in [0.05, 0.1) is 0 Å². The Bertz CT molecular complexity index is 1100. The predicted octanol–water partition coefficient (Wildman–Crippen LogP) is 4.61. The first-order valence-corrected chi connectivity index (χ1v) is 9.61. The maximum absolute atomic E-state index is 5.78. The van der Waals surface area contributed by atoms with Gasteiger partial charge in [-0.05, 0) is 11.9 Å². The summed E-state index contributed by atoms with van der Waals surface area (Å²) >= 11 is 0. The van der Waals surface area contributed by atoms with Crippen molar-refractivity contribution in [1.29, 1.82) is 0 Å². The first kappa shape index (κ1) is 17.3. The summed E-state index contributed by atoms with van der Waals surface area (Å²) in [6.45, 7) is 1.95. The number of hydrogen-bond acceptors (Lipinski definition) is 3. The highest BCUT2D eigenvalue weighted by molar-refractivity contribution is 5.51. The van der Waals surface area contributed by atoms with Crippen molar-refractivity contribution in [3.05, 3.63) is 126 Å². The lowest BCUT2D eigenvalue weighted by molar-refractivity contribution is -0.777. The van der Waals surface area contributed by atoms with Crippen LogP contribution in [0.15, 0.2) is 108 Å². The normalized spacial score (nSPS) is 11.6. The second-order valence-electron chi connectivity index (χ2n) is 6.99. The van der Waals surface area contributed by atoms with Gasteiger partial charge in [-0.1, -0.05) is 96.1 Å². The van der Waals surface area contributed by atoms with Crippen molar-refractivity contribution >= 4 is 0 Å². The number of nitrogens with zero attached hydrogens (tertiary/aromatic N) is 3. The SMILES string of the molecule is Cc1n[n+](C(c2ccccc2)(c2ccccc2)c2ccccc2)c2nccoc1-2. The zero-order valence-corrected chi connectivity index (χ0v) is 16.1. The molecule has 0 amide bonds. The summed E-state index contributed by atoms with van der Waals surface area (Å²) in [4.78, 5) is 4.65. The molecule has 0 aliphatic carbocycles. The molecule has 3 aromatic carbocycles. The van der Waals surface area contributed by atoms with Gasteiger partial charge in [0.15, 0.2) is 6.20 Å². The molecule has 0 saturated carbocycles. The van der Waals surface area contributed by atoms with Gasteiger partial charge in [-0.3, -0.25) is 0 Å². The van der Waals surface area contributed by atoms with Crippen LogP contribution in [-0.4, -0.2) is 10.1 Å². The van der Waals surface area contributed by atoms with Crippen molar-refractivity contribution in [2.45, 2.75) is 12.5 Å². The van der Waals surface area contributed by atoms with E-state index in [1.54, 1.807) is 12.5 Å². The molecule has 3 aromatic rings. The summed E-state index contributed by atoms with van der Waals surface area (Å²) in [5.41, 5.74) is 3.42. The first-order valence-electron chi connectivity index (χ1n) is 9.61. The van der Waals surface area contributed by atoms with Crippen LogP contribution in [0.3, 0.4) is 0 Å². The predicted molar refractivity (Wildman–Crippen MR) is 110 cm³/mol. The third-order valence-electron chi connectivity index (χ3n) is 5.32. The number of hydrogen-bond donors (Lipinski definition) is 0. The summed E-state index contributed by atoms with van der Waals surface area (Å²) in [5.74, 6) is 1.40. The van der Waals surface area contributed by atoms with E-state index in [2.05, 4.69) is 77.8 Å². The summed E-state index contributed by atoms with van der Waals surface area (Å²) < 4.78 is 7.78. The molecule has 4 nitrogen and oxygen atoms in total. The van der Waals surface area contributed by atoms with E-state index in [0.29, 0.717) is 11.6 Å². The fourth-order valence-corrected chi connectivity index (χ4v) is 4.09. The molecule has 5 rings (SSSR count). The van der Waals surface area contributed by atoms with E-state index in [0.717, 1.165) is 22.4 Å². The van der Waals surface area contributed by atoms with Crippen LogP contribution < -0.4 is 4.68 Å². The highest BCUT2D eigenvalue weighted by Crippen LogP contribution is 2.38. The van der Waals surface area contributed by atoms with Crippen molar-refractivity contribution < 1.29 is 9.10 Å². The van der Waals surface area contributed by atoms with Crippen LogP contribution in [0.5, 0.6) is 0 Å². The number of fused-ring (bicyclic) bond motifs is 1. The van der Waals surface area contributed by atoms with Gasteiger partial charge in [-0.15, -0.1) is 4.68 Å². The van der Waals surface area contributed by atoms with Gasteiger partial charge in [0.2, 0.25) is 11.3 Å². The van der Waals surface area contributed by atoms with Crippen LogP contribution >= 0.6 is 0 Å². The number of rotatable bonds is 4. The molecule has 0 fully saturated rings. The van der Waals surface area contributed by atoms with E-state index < -0.39 is 5.54 Å². The van der Waals surface area contributed by atoms with Crippen LogP contribution in [0.25, 0.3) is 11.6 Å². The standard InChI is InChI=1S/C25H20N3O/c1-19-23-24(26-17-18-29-23)28(27-19)25(20-11-5-2-6-12-20,21-13-7-3-8-14-21)22-15-9-4-10-16-22/h2-18H,1H3/q+1. The Morgan fingerprint density at radius 3 is 1.69 bits per heavy atom. The van der Waals surface area contributed by atoms with Gasteiger partial charge >= 0.3 is 5.82 Å². The van der Waals surface area contributed by atoms with E-state index in [1.165, 1.54) is 0 Å². The Labute approximate surface area is 169 Å². The molecule has 0 saturated heterocycles. The van der Waals surface area contributed by atoms with Crippen LogP contribution in [-0.2, 0) is 5.54 Å². The zero-order valence-electron chi connectivity index (χ0n) is 16.1. The fraction of sp³-hybridized carbons (Fsp3) is 0.0800. The molecule has 0 radical (unpaired) electrons. The zero-order chi connectivity index (χ0) is 19.7. The van der Waals surface area contributed by atoms with Crippen LogP contribution in [0, 0.1) is 6.92 Å². The summed E-state index contributed by atoms with van der Waals surface area (Å²) in [7, 11) is 0. The molecule has 0 N–H and O–H groups in total. The lowest BCUT2D eigenvalue weighted by Crippen LogP contribution is -2.61. The lowest BCUT2D eigenvalue weighted by atomic mass is 9.77. The second-order valence-corrected chi connectivity index (χ2v) is 6.99. The maximum Gasteiger partial charge on any atom is 0.390 e. The molecule has 0 spiro atoms. The molecule has 0 bridgehead atoms. The summed E-state index contributed by atoms with van der Waals surface area (Å²) in [5, 5.41) is 4.95. The Kier molecular flexibility index (Phi) is 4.17. The summed E-state index contributed by atoms with van der Waals surface area (Å²) in [6.07, 6.45) is 3.27. The van der Waals surface area contributed by atoms with Crippen molar-refractivity contribution in [3.8, 4) is 11.6 Å². The highest BCUT2D eigenvalue weighted by atomic mass is 16.3. The smallest absolute Gasteiger partial charge is 0.390 e. The monoisotopic (exact) mass is 378 g/mol. The fourth-order valence-electron chi connectivity index (χ4n) is 4.09. The molecule has 2 heterocycles. The topological polar surface area (TPSA) is 42.8 Å². The van der Waals surface area contributed by atoms with Crippen LogP contribution in [0.4, 0.5) is 0 Å². The lowest BCUT2D eigenvalue weighted by Gasteiger charge is -2.31. The average Bonchev–Trinajstić information content (AvgIpc) is 3.14. The van der Waals surface area contributed by atoms with Gasteiger partial charge in [-0.25, -0.2) is 0 Å². The van der Waals surface area contributed by atoms with E-state index in [4.69, 9.17) is 9.52 Å². The Balaban J connectivity index is 1.96. The van der Waals surface area contributed by atoms with Gasteiger partial charge in [0, 0.05) is 16.7 Å².